The topological polar surface area (TPSA) is 175 Å². The molecular formula is C61H64N7O8P. The van der Waals surface area contributed by atoms with Crippen molar-refractivity contribution in [2.24, 2.45) is 5.92 Å². The Bertz CT molecular complexity index is 3530. The molecule has 0 saturated carbocycles. The molecule has 0 spiro atoms. The van der Waals surface area contributed by atoms with Gasteiger partial charge in [0.05, 0.1) is 33.2 Å². The van der Waals surface area contributed by atoms with Gasteiger partial charge in [0.1, 0.15) is 41.0 Å². The number of aromatic amines is 1. The molecule has 16 heteroatoms. The molecule has 7 aromatic carbocycles. The van der Waals surface area contributed by atoms with E-state index in [0.717, 1.165) is 49.0 Å². The lowest BCUT2D eigenvalue weighted by Gasteiger charge is -2.41. The van der Waals surface area contributed by atoms with E-state index in [1.54, 1.807) is 32.6 Å². The second-order valence-electron chi connectivity index (χ2n) is 20.2. The molecule has 2 unspecified atom stereocenters. The summed E-state index contributed by atoms with van der Waals surface area (Å²) in [5.74, 6) is 0.713. The van der Waals surface area contributed by atoms with Gasteiger partial charge in [-0.1, -0.05) is 119 Å². The molecule has 77 heavy (non-hydrogen) atoms. The van der Waals surface area contributed by atoms with Crippen molar-refractivity contribution in [3.8, 4) is 23.3 Å². The number of carbonyl (C=O) groups excluding carboxylic acids is 1. The van der Waals surface area contributed by atoms with E-state index < -0.39 is 47.6 Å². The SMILES string of the molecule is COc1ccc(C(OC[C@H]2O[C@@H](n3cnc4c(=O)[nH]c(NC(=O)C(C)C)nc43)[C@H](Oc3ccc4ccc5cccc6ccc3c4c56)[C@@H]2OC(PCCC#N)N(C(C)C)C(C)C)(c2ccccc2)c2ccc(OC)cc2)cc1. The third-order valence-electron chi connectivity index (χ3n) is 14.5. The van der Waals surface area contributed by atoms with Gasteiger partial charge >= 0.3 is 0 Å². The van der Waals surface area contributed by atoms with Crippen LogP contribution in [0.25, 0.3) is 43.5 Å². The highest BCUT2D eigenvalue weighted by atomic mass is 31.1. The number of amides is 1. The van der Waals surface area contributed by atoms with E-state index in [1.165, 1.54) is 6.33 Å². The van der Waals surface area contributed by atoms with E-state index in [1.807, 2.05) is 84.9 Å². The van der Waals surface area contributed by atoms with Crippen molar-refractivity contribution in [1.82, 2.24) is 24.4 Å². The molecule has 1 amide bonds. The van der Waals surface area contributed by atoms with Crippen LogP contribution >= 0.6 is 8.58 Å². The van der Waals surface area contributed by atoms with Gasteiger partial charge in [-0.2, -0.15) is 10.2 Å². The van der Waals surface area contributed by atoms with Gasteiger partial charge in [0.25, 0.3) is 5.56 Å². The number of ether oxygens (including phenoxy) is 6. The van der Waals surface area contributed by atoms with Gasteiger partial charge in [0, 0.05) is 35.2 Å². The summed E-state index contributed by atoms with van der Waals surface area (Å²) < 4.78 is 43.3. The Kier molecular flexibility index (Phi) is 15.6. The Balaban J connectivity index is 1.18. The molecular weight excluding hydrogens is 990 g/mol. The zero-order valence-electron chi connectivity index (χ0n) is 44.5. The molecule has 0 bridgehead atoms. The van der Waals surface area contributed by atoms with Gasteiger partial charge in [-0.25, -0.2) is 4.98 Å². The molecule has 396 valence electrons. The van der Waals surface area contributed by atoms with E-state index in [4.69, 9.17) is 33.4 Å². The van der Waals surface area contributed by atoms with E-state index in [9.17, 15) is 14.9 Å². The summed E-state index contributed by atoms with van der Waals surface area (Å²) in [5.41, 5.74) is 0.913. The lowest BCUT2D eigenvalue weighted by Crippen LogP contribution is -2.50. The zero-order valence-corrected chi connectivity index (χ0v) is 45.5. The van der Waals surface area contributed by atoms with Gasteiger partial charge in [-0.3, -0.25) is 29.4 Å². The number of methoxy groups -OCH3 is 2. The largest absolute Gasteiger partial charge is 0.497 e. The number of rotatable bonds is 21. The van der Waals surface area contributed by atoms with Crippen LogP contribution in [0.2, 0.25) is 0 Å². The normalized spacial score (nSPS) is 17.5. The number of anilines is 1. The minimum Gasteiger partial charge on any atom is -0.497 e. The molecule has 0 radical (unpaired) electrons. The molecule has 2 aromatic heterocycles. The highest BCUT2D eigenvalue weighted by Gasteiger charge is 2.52. The van der Waals surface area contributed by atoms with E-state index >= 15 is 0 Å². The minimum absolute atomic E-state index is 0.0345. The average molecular weight is 1050 g/mol. The molecule has 6 atom stereocenters. The number of nitrogens with zero attached hydrogens (tertiary/aromatic N) is 5. The highest BCUT2D eigenvalue weighted by Crippen LogP contribution is 2.47. The standard InChI is InChI=1S/C61H64N7O8P/c1-36(2)56(69)65-59-64-55-52(57(70)66-59)63-35-67(55)58-54(74-48-31-21-41-19-18-39-14-12-15-40-20-30-47(48)51(41)50(39)40)53(76-60(77-33-13-32-62)68(37(3)4)38(5)6)49(75-58)34-73-61(42-16-10-9-11-17-42,43-22-26-45(71-7)27-23-43)44-24-28-46(72-8)29-25-44/h9-12,14-31,35-38,49,53-54,58,60,77H,13,33-34H2,1-8H3,(H2,64,65,66,69,70)/t49-,53-,54-,58-,60?/m1/s1. The number of carbonyl (C=O) groups is 1. The van der Waals surface area contributed by atoms with Crippen LogP contribution in [-0.4, -0.2) is 93.7 Å². The second kappa shape index (κ2) is 22.6. The summed E-state index contributed by atoms with van der Waals surface area (Å²) in [5, 5.41) is 19.0. The van der Waals surface area contributed by atoms with Crippen molar-refractivity contribution >= 4 is 63.9 Å². The number of H-pyrrole nitrogens is 1. The molecule has 15 nitrogen and oxygen atoms in total. The molecule has 1 saturated heterocycles. The first-order chi connectivity index (χ1) is 37.3. The van der Waals surface area contributed by atoms with Gasteiger partial charge in [-0.15, -0.1) is 0 Å². The van der Waals surface area contributed by atoms with Crippen molar-refractivity contribution in [3.05, 3.63) is 167 Å². The lowest BCUT2D eigenvalue weighted by atomic mass is 9.80. The predicted molar refractivity (Wildman–Crippen MR) is 303 cm³/mol. The third-order valence-corrected chi connectivity index (χ3v) is 15.8. The Hall–Kier alpha value is -7.44. The zero-order chi connectivity index (χ0) is 54.0. The Morgan fingerprint density at radius 2 is 1.40 bits per heavy atom. The van der Waals surface area contributed by atoms with Gasteiger partial charge < -0.3 is 28.4 Å². The number of hydrogen-bond donors (Lipinski definition) is 2. The Morgan fingerprint density at radius 3 is 2.01 bits per heavy atom. The molecule has 0 aliphatic carbocycles. The fraction of sp³-hybridized carbons (Fsp3) is 0.328. The summed E-state index contributed by atoms with van der Waals surface area (Å²) in [7, 11) is 3.47. The summed E-state index contributed by atoms with van der Waals surface area (Å²) in [6.07, 6.45) is -1.32. The number of benzene rings is 7. The van der Waals surface area contributed by atoms with Crippen LogP contribution < -0.4 is 25.1 Å². The number of imidazole rings is 1. The molecule has 3 heterocycles. The second-order valence-corrected chi connectivity index (χ2v) is 21.6. The van der Waals surface area contributed by atoms with Crippen molar-refractivity contribution in [1.29, 1.82) is 5.26 Å². The first-order valence-corrected chi connectivity index (χ1v) is 27.4. The van der Waals surface area contributed by atoms with Crippen LogP contribution in [0.3, 0.4) is 0 Å². The number of fused-ring (bicyclic) bond motifs is 1. The van der Waals surface area contributed by atoms with Crippen LogP contribution in [0.4, 0.5) is 5.95 Å². The van der Waals surface area contributed by atoms with Crippen LogP contribution in [0.5, 0.6) is 17.2 Å². The third kappa shape index (κ3) is 10.3. The van der Waals surface area contributed by atoms with Crippen molar-refractivity contribution in [3.63, 3.8) is 0 Å². The van der Waals surface area contributed by atoms with E-state index in [0.29, 0.717) is 29.8 Å². The van der Waals surface area contributed by atoms with E-state index in [2.05, 4.69) is 102 Å². The number of aromatic nitrogens is 4. The first-order valence-electron chi connectivity index (χ1n) is 26.1. The Labute approximate surface area is 449 Å². The average Bonchev–Trinajstić information content (AvgIpc) is 4.08. The summed E-state index contributed by atoms with van der Waals surface area (Å²) in [6.45, 7) is 12.0. The monoisotopic (exact) mass is 1050 g/mol. The minimum atomic E-state index is -1.25. The van der Waals surface area contributed by atoms with Crippen molar-refractivity contribution in [2.75, 3.05) is 32.3 Å². The molecule has 1 aliphatic rings. The fourth-order valence-electron chi connectivity index (χ4n) is 10.8. The maximum absolute atomic E-state index is 13.9. The van der Waals surface area contributed by atoms with Gasteiger partial charge in [0.2, 0.25) is 11.9 Å². The summed E-state index contributed by atoms with van der Waals surface area (Å²) >= 11 is 0. The maximum Gasteiger partial charge on any atom is 0.280 e. The fourth-order valence-corrected chi connectivity index (χ4v) is 12.4. The Morgan fingerprint density at radius 1 is 0.792 bits per heavy atom. The van der Waals surface area contributed by atoms with Crippen LogP contribution in [0, 0.1) is 17.2 Å². The highest BCUT2D eigenvalue weighted by molar-refractivity contribution is 7.38. The maximum atomic E-state index is 13.9. The number of hydrogen-bond acceptors (Lipinski definition) is 12. The summed E-state index contributed by atoms with van der Waals surface area (Å²) in [4.78, 5) is 41.4. The van der Waals surface area contributed by atoms with Gasteiger partial charge in [-0.05, 0) is 108 Å². The molecule has 1 aliphatic heterocycles. The van der Waals surface area contributed by atoms with Crippen LogP contribution in [0.1, 0.15) is 70.9 Å². The number of nitrogens with one attached hydrogen (secondary N) is 2. The summed E-state index contributed by atoms with van der Waals surface area (Å²) in [6, 6.07) is 47.1. The number of nitriles is 1. The van der Waals surface area contributed by atoms with Crippen LogP contribution in [-0.2, 0) is 24.6 Å². The molecule has 9 aromatic rings. The van der Waals surface area contributed by atoms with Gasteiger partial charge in [0.15, 0.2) is 23.5 Å². The smallest absolute Gasteiger partial charge is 0.280 e. The predicted octanol–water partition coefficient (Wildman–Crippen LogP) is 11.4. The molecule has 10 rings (SSSR count). The quantitative estimate of drug-likeness (QED) is 0.0229. The van der Waals surface area contributed by atoms with Crippen LogP contribution in [0.15, 0.2) is 145 Å². The first kappa shape index (κ1) is 53.0. The van der Waals surface area contributed by atoms with Crippen molar-refractivity contribution in [2.45, 2.75) is 96.2 Å². The molecule has 2 N–H and O–H groups in total. The van der Waals surface area contributed by atoms with E-state index in [-0.39, 0.29) is 50.3 Å². The molecule has 1 fully saturated rings. The van der Waals surface area contributed by atoms with Crippen molar-refractivity contribution < 1.29 is 33.2 Å². The lowest BCUT2D eigenvalue weighted by molar-refractivity contribution is -0.133.